The third-order valence-corrected chi connectivity index (χ3v) is 13.9. The molecule has 0 saturated heterocycles. The van der Waals surface area contributed by atoms with E-state index in [9.17, 15) is 14.4 Å². The number of hydrogen-bond donors (Lipinski definition) is 0. The Labute approximate surface area is 435 Å². The number of carbonyl (C=O) groups is 3. The van der Waals surface area contributed by atoms with Crippen molar-refractivity contribution in [2.75, 3.05) is 13.2 Å². The number of ether oxygens (including phenoxy) is 3. The Kier molecular flexibility index (Phi) is 57.2. The quantitative estimate of drug-likeness (QED) is 0.0261. The molecule has 6 nitrogen and oxygen atoms in total. The molecule has 0 aromatic carbocycles. The minimum absolute atomic E-state index is 0.0712. The fourth-order valence-electron chi connectivity index (χ4n) is 9.28. The summed E-state index contributed by atoms with van der Waals surface area (Å²) < 4.78 is 16.9. The molecule has 1 unspecified atom stereocenters. The zero-order valence-corrected chi connectivity index (χ0v) is 47.1. The van der Waals surface area contributed by atoms with Crippen LogP contribution in [-0.4, -0.2) is 37.2 Å². The van der Waals surface area contributed by atoms with E-state index >= 15 is 0 Å². The summed E-state index contributed by atoms with van der Waals surface area (Å²) in [5.74, 6) is -0.861. The highest BCUT2D eigenvalue weighted by Crippen LogP contribution is 2.18. The second-order valence-electron chi connectivity index (χ2n) is 21.0. The van der Waals surface area contributed by atoms with Gasteiger partial charge in [0, 0.05) is 19.3 Å². The van der Waals surface area contributed by atoms with Crippen molar-refractivity contribution in [3.8, 4) is 0 Å². The molecule has 0 aliphatic carbocycles. The number of esters is 3. The number of carbonyl (C=O) groups excluding carboxylic acids is 3. The summed E-state index contributed by atoms with van der Waals surface area (Å²) in [7, 11) is 0. The molecule has 0 aromatic heterocycles. The first-order valence-electron chi connectivity index (χ1n) is 31.0. The highest BCUT2D eigenvalue weighted by molar-refractivity contribution is 5.71. The van der Waals surface area contributed by atoms with Gasteiger partial charge in [0.15, 0.2) is 6.10 Å². The minimum Gasteiger partial charge on any atom is -0.462 e. The lowest BCUT2D eigenvalue weighted by atomic mass is 10.0. The van der Waals surface area contributed by atoms with E-state index in [-0.39, 0.29) is 31.1 Å². The van der Waals surface area contributed by atoms with Gasteiger partial charge in [-0.1, -0.05) is 301 Å². The van der Waals surface area contributed by atoms with Crippen molar-refractivity contribution in [1.29, 1.82) is 0 Å². The van der Waals surface area contributed by atoms with E-state index < -0.39 is 6.10 Å². The van der Waals surface area contributed by atoms with Gasteiger partial charge in [-0.3, -0.25) is 14.4 Å². The van der Waals surface area contributed by atoms with Crippen molar-refractivity contribution in [2.24, 2.45) is 0 Å². The number of allylic oxidation sites excluding steroid dienone is 6. The van der Waals surface area contributed by atoms with E-state index in [1.54, 1.807) is 0 Å². The summed E-state index contributed by atoms with van der Waals surface area (Å²) >= 11 is 0. The molecule has 0 radical (unpaired) electrons. The Balaban J connectivity index is 4.21. The first-order valence-corrected chi connectivity index (χ1v) is 31.0. The van der Waals surface area contributed by atoms with E-state index in [1.807, 2.05) is 0 Å². The third kappa shape index (κ3) is 56.5. The fraction of sp³-hybridized carbons (Fsp3) is 0.859. The molecule has 0 aliphatic heterocycles. The van der Waals surface area contributed by atoms with Gasteiger partial charge in [-0.05, 0) is 51.4 Å². The number of rotatable bonds is 57. The molecule has 70 heavy (non-hydrogen) atoms. The molecule has 0 saturated carbocycles. The Morgan fingerprint density at radius 3 is 0.871 bits per heavy atom. The lowest BCUT2D eigenvalue weighted by Gasteiger charge is -2.18. The number of unbranched alkanes of at least 4 members (excludes halogenated alkanes) is 40. The van der Waals surface area contributed by atoms with Gasteiger partial charge in [-0.2, -0.15) is 0 Å². The Bertz CT molecular complexity index is 1170. The van der Waals surface area contributed by atoms with Crippen LogP contribution < -0.4 is 0 Å². The van der Waals surface area contributed by atoms with Gasteiger partial charge in [0.2, 0.25) is 0 Å². The standard InChI is InChI=1S/C64H118O6/c1-4-7-10-13-16-19-22-24-26-28-29-30-31-32-33-34-36-37-39-42-45-48-51-54-57-63(66)69-60-61(59-68-62(65)56-53-50-47-44-41-21-18-15-12-9-6-3)70-64(67)58-55-52-49-46-43-40-38-35-27-25-23-20-17-14-11-8-5-2/h8,11,17,20,25,27,61H,4-7,9-10,12-16,18-19,21-24,26,28-60H2,1-3H3/b11-8-,20-17-,27-25-. The van der Waals surface area contributed by atoms with E-state index in [1.165, 1.54) is 212 Å². The summed E-state index contributed by atoms with van der Waals surface area (Å²) in [6.07, 6.45) is 71.6. The molecule has 0 bridgehead atoms. The summed E-state index contributed by atoms with van der Waals surface area (Å²) in [6.45, 7) is 6.57. The average molecular weight is 984 g/mol. The molecule has 0 spiro atoms. The molecule has 0 rings (SSSR count). The van der Waals surface area contributed by atoms with Gasteiger partial charge in [0.25, 0.3) is 0 Å². The smallest absolute Gasteiger partial charge is 0.306 e. The lowest BCUT2D eigenvalue weighted by Crippen LogP contribution is -2.30. The van der Waals surface area contributed by atoms with Crippen molar-refractivity contribution in [3.63, 3.8) is 0 Å². The average Bonchev–Trinajstić information content (AvgIpc) is 3.36. The first-order chi connectivity index (χ1) is 34.5. The van der Waals surface area contributed by atoms with Gasteiger partial charge in [0.05, 0.1) is 0 Å². The van der Waals surface area contributed by atoms with Crippen LogP contribution in [0.15, 0.2) is 36.5 Å². The molecule has 0 heterocycles. The van der Waals surface area contributed by atoms with Crippen molar-refractivity contribution < 1.29 is 28.6 Å². The second kappa shape index (κ2) is 59.2. The third-order valence-electron chi connectivity index (χ3n) is 13.9. The van der Waals surface area contributed by atoms with E-state index in [0.29, 0.717) is 19.3 Å². The van der Waals surface area contributed by atoms with E-state index in [2.05, 4.69) is 57.2 Å². The topological polar surface area (TPSA) is 78.9 Å². The SMILES string of the molecule is CC/C=C\C/C=C\C/C=C\CCCCCCCCCC(=O)OC(COC(=O)CCCCCCCCCCCCC)COC(=O)CCCCCCCCCCCCCCCCCCCCCCCCCC. The van der Waals surface area contributed by atoms with Crippen LogP contribution in [-0.2, 0) is 28.6 Å². The van der Waals surface area contributed by atoms with Crippen molar-refractivity contribution in [3.05, 3.63) is 36.5 Å². The predicted octanol–water partition coefficient (Wildman–Crippen LogP) is 20.8. The zero-order valence-electron chi connectivity index (χ0n) is 47.1. The summed E-state index contributed by atoms with van der Waals surface area (Å²) in [5, 5.41) is 0. The Morgan fingerprint density at radius 2 is 0.557 bits per heavy atom. The molecule has 1 atom stereocenters. The Hall–Kier alpha value is -2.37. The largest absolute Gasteiger partial charge is 0.462 e. The fourth-order valence-corrected chi connectivity index (χ4v) is 9.28. The highest BCUT2D eigenvalue weighted by Gasteiger charge is 2.19. The molecule has 0 fully saturated rings. The molecular weight excluding hydrogens is 865 g/mol. The van der Waals surface area contributed by atoms with Crippen molar-refractivity contribution >= 4 is 17.9 Å². The van der Waals surface area contributed by atoms with Gasteiger partial charge < -0.3 is 14.2 Å². The van der Waals surface area contributed by atoms with Crippen LogP contribution >= 0.6 is 0 Å². The van der Waals surface area contributed by atoms with Gasteiger partial charge in [0.1, 0.15) is 13.2 Å². The lowest BCUT2D eigenvalue weighted by molar-refractivity contribution is -0.167. The first kappa shape index (κ1) is 67.6. The van der Waals surface area contributed by atoms with Crippen LogP contribution in [0.4, 0.5) is 0 Å². The molecule has 0 N–H and O–H groups in total. The molecule has 410 valence electrons. The van der Waals surface area contributed by atoms with E-state index in [4.69, 9.17) is 14.2 Å². The molecule has 0 aromatic rings. The number of hydrogen-bond acceptors (Lipinski definition) is 6. The summed E-state index contributed by atoms with van der Waals surface area (Å²) in [5.41, 5.74) is 0. The molecule has 0 amide bonds. The molecule has 0 aliphatic rings. The van der Waals surface area contributed by atoms with Crippen LogP contribution in [0.1, 0.15) is 335 Å². The van der Waals surface area contributed by atoms with Crippen LogP contribution in [0.3, 0.4) is 0 Å². The maximum absolute atomic E-state index is 12.9. The monoisotopic (exact) mass is 983 g/mol. The zero-order chi connectivity index (χ0) is 50.7. The van der Waals surface area contributed by atoms with Crippen LogP contribution in [0.2, 0.25) is 0 Å². The van der Waals surface area contributed by atoms with Gasteiger partial charge in [-0.15, -0.1) is 0 Å². The maximum Gasteiger partial charge on any atom is 0.306 e. The summed E-state index contributed by atoms with van der Waals surface area (Å²) in [4.78, 5) is 38.2. The minimum atomic E-state index is -0.773. The highest BCUT2D eigenvalue weighted by atomic mass is 16.6. The summed E-state index contributed by atoms with van der Waals surface area (Å²) in [6, 6.07) is 0. The van der Waals surface area contributed by atoms with Crippen LogP contribution in [0.5, 0.6) is 0 Å². The predicted molar refractivity (Wildman–Crippen MR) is 302 cm³/mol. The van der Waals surface area contributed by atoms with Gasteiger partial charge >= 0.3 is 17.9 Å². The Morgan fingerprint density at radius 1 is 0.300 bits per heavy atom. The maximum atomic E-state index is 12.9. The second-order valence-corrected chi connectivity index (χ2v) is 21.0. The van der Waals surface area contributed by atoms with Crippen LogP contribution in [0, 0.1) is 0 Å². The van der Waals surface area contributed by atoms with Crippen LogP contribution in [0.25, 0.3) is 0 Å². The van der Waals surface area contributed by atoms with E-state index in [0.717, 1.165) is 83.5 Å². The van der Waals surface area contributed by atoms with Crippen molar-refractivity contribution in [2.45, 2.75) is 341 Å². The normalized spacial score (nSPS) is 12.2. The molecular formula is C64H118O6. The molecule has 6 heteroatoms. The van der Waals surface area contributed by atoms with Gasteiger partial charge in [-0.25, -0.2) is 0 Å². The van der Waals surface area contributed by atoms with Crippen molar-refractivity contribution in [1.82, 2.24) is 0 Å².